The summed E-state index contributed by atoms with van der Waals surface area (Å²) in [6, 6.07) is 12.4. The maximum absolute atomic E-state index is 12.2. The first-order chi connectivity index (χ1) is 9.89. The first-order valence-electron chi connectivity index (χ1n) is 6.44. The van der Waals surface area contributed by atoms with Gasteiger partial charge in [0.15, 0.2) is 0 Å². The molecular weight excluding hydrogens is 308 g/mol. The Morgan fingerprint density at radius 2 is 1.71 bits per heavy atom. The number of nitrogens with two attached hydrogens (primary N) is 1. The van der Waals surface area contributed by atoms with Gasteiger partial charge in [0.25, 0.3) is 0 Å². The number of halogens is 1. The summed E-state index contributed by atoms with van der Waals surface area (Å²) in [5.41, 5.74) is 8.51. The van der Waals surface area contributed by atoms with Crippen molar-refractivity contribution in [2.75, 3.05) is 4.72 Å². The minimum atomic E-state index is -3.51. The molecule has 0 spiro atoms. The molecular formula is C15H17ClN2O2S. The smallest absolute Gasteiger partial charge is 0.236 e. The molecule has 21 heavy (non-hydrogen) atoms. The second-order valence-electron chi connectivity index (χ2n) is 4.87. The maximum Gasteiger partial charge on any atom is 0.236 e. The molecule has 0 saturated carbocycles. The number of rotatable bonds is 5. The van der Waals surface area contributed by atoms with Crippen LogP contribution in [0.5, 0.6) is 0 Å². The Morgan fingerprint density at radius 3 is 2.33 bits per heavy atom. The molecule has 0 unspecified atom stereocenters. The van der Waals surface area contributed by atoms with E-state index in [9.17, 15) is 8.42 Å². The van der Waals surface area contributed by atoms with Gasteiger partial charge in [0.1, 0.15) is 0 Å². The van der Waals surface area contributed by atoms with Gasteiger partial charge in [-0.15, -0.1) is 0 Å². The fourth-order valence-electron chi connectivity index (χ4n) is 1.91. The average molecular weight is 325 g/mol. The zero-order chi connectivity index (χ0) is 15.5. The number of anilines is 1. The second-order valence-corrected chi connectivity index (χ2v) is 6.99. The Morgan fingerprint density at radius 1 is 1.10 bits per heavy atom. The lowest BCUT2D eigenvalue weighted by Gasteiger charge is -2.10. The summed E-state index contributed by atoms with van der Waals surface area (Å²) in [5.74, 6) is -0.109. The van der Waals surface area contributed by atoms with E-state index in [4.69, 9.17) is 17.3 Å². The van der Waals surface area contributed by atoms with E-state index in [1.807, 2.05) is 25.1 Å². The van der Waals surface area contributed by atoms with Crippen LogP contribution in [0, 0.1) is 6.92 Å². The van der Waals surface area contributed by atoms with Crippen LogP contribution in [0.1, 0.15) is 16.7 Å². The number of benzene rings is 2. The summed E-state index contributed by atoms with van der Waals surface area (Å²) in [6.07, 6.45) is 0. The Hall–Kier alpha value is -1.56. The molecule has 0 aliphatic carbocycles. The lowest BCUT2D eigenvalue weighted by molar-refractivity contribution is 0.600. The molecule has 2 aromatic carbocycles. The van der Waals surface area contributed by atoms with Crippen LogP contribution in [-0.2, 0) is 22.3 Å². The number of sulfonamides is 1. The van der Waals surface area contributed by atoms with E-state index in [2.05, 4.69) is 4.72 Å². The molecule has 0 radical (unpaired) electrons. The molecule has 0 atom stereocenters. The highest BCUT2D eigenvalue weighted by atomic mass is 35.5. The van der Waals surface area contributed by atoms with E-state index in [0.717, 1.165) is 11.1 Å². The lowest BCUT2D eigenvalue weighted by atomic mass is 10.1. The normalized spacial score (nSPS) is 11.4. The molecule has 0 fully saturated rings. The van der Waals surface area contributed by atoms with Crippen molar-refractivity contribution in [3.8, 4) is 0 Å². The highest BCUT2D eigenvalue weighted by Crippen LogP contribution is 2.24. The van der Waals surface area contributed by atoms with Crippen molar-refractivity contribution >= 4 is 27.3 Å². The van der Waals surface area contributed by atoms with Crippen molar-refractivity contribution in [1.82, 2.24) is 0 Å². The number of hydrogen-bond donors (Lipinski definition) is 2. The summed E-state index contributed by atoms with van der Waals surface area (Å²) >= 11 is 6.00. The fraction of sp³-hybridized carbons (Fsp3) is 0.200. The van der Waals surface area contributed by atoms with Gasteiger partial charge in [-0.2, -0.15) is 0 Å². The van der Waals surface area contributed by atoms with Gasteiger partial charge in [-0.3, -0.25) is 4.72 Å². The fourth-order valence-corrected chi connectivity index (χ4v) is 3.34. The average Bonchev–Trinajstić information content (AvgIpc) is 2.43. The van der Waals surface area contributed by atoms with Crippen LogP contribution >= 0.6 is 11.6 Å². The molecule has 0 heterocycles. The van der Waals surface area contributed by atoms with Gasteiger partial charge >= 0.3 is 0 Å². The molecule has 2 rings (SSSR count). The van der Waals surface area contributed by atoms with E-state index in [0.29, 0.717) is 22.8 Å². The predicted molar refractivity (Wildman–Crippen MR) is 86.8 cm³/mol. The monoisotopic (exact) mass is 324 g/mol. The van der Waals surface area contributed by atoms with Crippen LogP contribution in [0.3, 0.4) is 0 Å². The molecule has 4 nitrogen and oxygen atoms in total. The third kappa shape index (κ3) is 4.46. The molecule has 0 bridgehead atoms. The Balaban J connectivity index is 2.16. The molecule has 3 N–H and O–H groups in total. The topological polar surface area (TPSA) is 72.2 Å². The van der Waals surface area contributed by atoms with Crippen LogP contribution < -0.4 is 10.5 Å². The van der Waals surface area contributed by atoms with Crippen molar-refractivity contribution in [2.24, 2.45) is 5.73 Å². The van der Waals surface area contributed by atoms with Gasteiger partial charge < -0.3 is 5.73 Å². The molecule has 6 heteroatoms. The van der Waals surface area contributed by atoms with E-state index in [1.54, 1.807) is 24.3 Å². The summed E-state index contributed by atoms with van der Waals surface area (Å²) in [6.45, 7) is 2.31. The van der Waals surface area contributed by atoms with Gasteiger partial charge in [-0.1, -0.05) is 41.9 Å². The Kier molecular flexibility index (Phi) is 4.88. The third-order valence-electron chi connectivity index (χ3n) is 3.00. The highest BCUT2D eigenvalue weighted by Gasteiger charge is 2.13. The van der Waals surface area contributed by atoms with Crippen molar-refractivity contribution in [2.45, 2.75) is 19.2 Å². The zero-order valence-corrected chi connectivity index (χ0v) is 13.2. The quantitative estimate of drug-likeness (QED) is 0.888. The SMILES string of the molecule is Cc1ccc(Cl)c(NS(=O)(=O)Cc2ccc(CN)cc2)c1. The first kappa shape index (κ1) is 15.8. The van der Waals surface area contributed by atoms with Crippen molar-refractivity contribution in [1.29, 1.82) is 0 Å². The first-order valence-corrected chi connectivity index (χ1v) is 8.47. The van der Waals surface area contributed by atoms with Crippen LogP contribution in [0.15, 0.2) is 42.5 Å². The van der Waals surface area contributed by atoms with Gasteiger partial charge in [-0.25, -0.2) is 8.42 Å². The van der Waals surface area contributed by atoms with Crippen molar-refractivity contribution in [3.63, 3.8) is 0 Å². The van der Waals surface area contributed by atoms with E-state index < -0.39 is 10.0 Å². The minimum Gasteiger partial charge on any atom is -0.326 e. The van der Waals surface area contributed by atoms with Crippen molar-refractivity contribution in [3.05, 3.63) is 64.2 Å². The second kappa shape index (κ2) is 6.47. The summed E-state index contributed by atoms with van der Waals surface area (Å²) in [7, 11) is -3.51. The van der Waals surface area contributed by atoms with Gasteiger partial charge in [0, 0.05) is 6.54 Å². The summed E-state index contributed by atoms with van der Waals surface area (Å²) < 4.78 is 26.9. The van der Waals surface area contributed by atoms with Crippen LogP contribution in [-0.4, -0.2) is 8.42 Å². The lowest BCUT2D eigenvalue weighted by Crippen LogP contribution is -2.15. The standard InChI is InChI=1S/C15H17ClN2O2S/c1-11-2-7-14(16)15(8-11)18-21(19,20)10-13-5-3-12(9-17)4-6-13/h2-8,18H,9-10,17H2,1H3. The Bertz CT molecular complexity index is 728. The molecule has 0 aliphatic rings. The van der Waals surface area contributed by atoms with Crippen LogP contribution in [0.25, 0.3) is 0 Å². The molecule has 0 aromatic heterocycles. The number of aryl methyl sites for hydroxylation is 1. The predicted octanol–water partition coefficient (Wildman–Crippen LogP) is 3.05. The van der Waals surface area contributed by atoms with Gasteiger partial charge in [0.05, 0.1) is 16.5 Å². The minimum absolute atomic E-state index is 0.109. The van der Waals surface area contributed by atoms with Gasteiger partial charge in [0.2, 0.25) is 10.0 Å². The number of hydrogen-bond acceptors (Lipinski definition) is 3. The van der Waals surface area contributed by atoms with Gasteiger partial charge in [-0.05, 0) is 35.7 Å². The molecule has 0 saturated heterocycles. The summed E-state index contributed by atoms with van der Waals surface area (Å²) in [4.78, 5) is 0. The number of nitrogens with one attached hydrogen (secondary N) is 1. The van der Waals surface area contributed by atoms with Crippen molar-refractivity contribution < 1.29 is 8.42 Å². The molecule has 2 aromatic rings. The largest absolute Gasteiger partial charge is 0.326 e. The van der Waals surface area contributed by atoms with Crippen LogP contribution in [0.4, 0.5) is 5.69 Å². The molecule has 0 amide bonds. The third-order valence-corrected chi connectivity index (χ3v) is 4.58. The highest BCUT2D eigenvalue weighted by molar-refractivity contribution is 7.91. The van der Waals surface area contributed by atoms with E-state index in [1.165, 1.54) is 0 Å². The Labute approximate surface area is 130 Å². The molecule has 112 valence electrons. The maximum atomic E-state index is 12.2. The van der Waals surface area contributed by atoms with Crippen LogP contribution in [0.2, 0.25) is 5.02 Å². The zero-order valence-electron chi connectivity index (χ0n) is 11.6. The van der Waals surface area contributed by atoms with E-state index >= 15 is 0 Å². The molecule has 0 aliphatic heterocycles. The van der Waals surface area contributed by atoms with E-state index in [-0.39, 0.29) is 5.75 Å². The summed E-state index contributed by atoms with van der Waals surface area (Å²) in [5, 5.41) is 0.377.